The first-order chi connectivity index (χ1) is 20.5. The molecule has 44 heavy (non-hydrogen) atoms. The van der Waals surface area contributed by atoms with E-state index in [-0.39, 0.29) is 17.8 Å². The lowest BCUT2D eigenvalue weighted by Crippen LogP contribution is -2.32. The Kier molecular flexibility index (Phi) is 9.63. The van der Waals surface area contributed by atoms with Crippen molar-refractivity contribution in [1.82, 2.24) is 8.87 Å². The Morgan fingerprint density at radius 3 is 2.20 bits per heavy atom. The lowest BCUT2D eigenvalue weighted by atomic mass is 9.97. The predicted molar refractivity (Wildman–Crippen MR) is 147 cm³/mol. The highest BCUT2D eigenvalue weighted by molar-refractivity contribution is 7.86. The van der Waals surface area contributed by atoms with Crippen molar-refractivity contribution in [2.75, 3.05) is 20.2 Å². The normalized spacial score (nSPS) is 18.8. The molecule has 0 radical (unpaired) electrons. The Hall–Kier alpha value is -3.67. The van der Waals surface area contributed by atoms with E-state index in [9.17, 15) is 26.4 Å². The van der Waals surface area contributed by atoms with E-state index < -0.39 is 32.0 Å². The molecule has 1 amide bonds. The molecule has 2 aliphatic rings. The van der Waals surface area contributed by atoms with Gasteiger partial charge in [0.05, 0.1) is 20.1 Å². The molecule has 0 bridgehead atoms. The average molecular weight is 662 g/mol. The topological polar surface area (TPSA) is 148 Å². The zero-order chi connectivity index (χ0) is 32.4. The monoisotopic (exact) mass is 661 g/mol. The van der Waals surface area contributed by atoms with E-state index in [1.807, 2.05) is 19.1 Å². The highest BCUT2D eigenvalue weighted by Crippen LogP contribution is 2.42. The predicted octanol–water partition coefficient (Wildman–Crippen LogP) is 2.64. The van der Waals surface area contributed by atoms with Crippen molar-refractivity contribution in [2.45, 2.75) is 43.4 Å². The Morgan fingerprint density at radius 2 is 1.64 bits per heavy atom. The summed E-state index contributed by atoms with van der Waals surface area (Å²) in [5.74, 6) is 1.01. The highest BCUT2D eigenvalue weighted by Gasteiger charge is 2.40. The van der Waals surface area contributed by atoms with Crippen LogP contribution in [-0.4, -0.2) is 74.1 Å². The summed E-state index contributed by atoms with van der Waals surface area (Å²) < 4.78 is 104. The standard InChI is InChI=1S/C26H30N3O6S.CHF3O3S/c1-18-6-4-9-22(19-10-11-19)25(18)26(30)28-15-23(33-3)24(16-28)34-20-7-5-8-21(14-20)35-36(31,32)29-13-12-27(2)17-29;2-1(3,4)8(5,6)7/h4-9,12-14,17,19,23-24H,10-11,15-16H2,1-3H3;(H,5,6,7)/q+1;/p-1/t23-,24-;/m1./s1. The molecule has 5 rings (SSSR count). The fourth-order valence-corrected chi connectivity index (χ4v) is 5.52. The van der Waals surface area contributed by atoms with Crippen LogP contribution in [0.15, 0.2) is 61.2 Å². The molecular formula is C27H30F3N3O9S2. The molecule has 2 heterocycles. The van der Waals surface area contributed by atoms with Gasteiger partial charge in [-0.15, -0.1) is 8.42 Å². The number of rotatable bonds is 8. The van der Waals surface area contributed by atoms with Crippen molar-refractivity contribution < 1.29 is 57.6 Å². The molecule has 17 heteroatoms. The Bertz CT molecular complexity index is 1720. The third-order valence-electron chi connectivity index (χ3n) is 6.92. The molecule has 240 valence electrons. The van der Waals surface area contributed by atoms with Gasteiger partial charge in [-0.2, -0.15) is 13.2 Å². The van der Waals surface area contributed by atoms with Crippen molar-refractivity contribution in [3.8, 4) is 11.5 Å². The van der Waals surface area contributed by atoms with Crippen molar-refractivity contribution in [2.24, 2.45) is 7.05 Å². The zero-order valence-electron chi connectivity index (χ0n) is 23.8. The maximum atomic E-state index is 13.6. The second-order valence-corrected chi connectivity index (χ2v) is 13.1. The van der Waals surface area contributed by atoms with E-state index in [4.69, 9.17) is 26.6 Å². The van der Waals surface area contributed by atoms with Crippen LogP contribution in [0.5, 0.6) is 11.5 Å². The maximum absolute atomic E-state index is 13.6. The number of carbonyl (C=O) groups excluding carboxylic acids is 1. The van der Waals surface area contributed by atoms with Crippen molar-refractivity contribution in [1.29, 1.82) is 0 Å². The summed E-state index contributed by atoms with van der Waals surface area (Å²) in [5.41, 5.74) is -2.76. The Balaban J connectivity index is 0.000000488. The molecule has 0 unspecified atom stereocenters. The minimum Gasteiger partial charge on any atom is -0.741 e. The van der Waals surface area contributed by atoms with Gasteiger partial charge in [0.2, 0.25) is 0 Å². The number of aryl methyl sites for hydroxylation is 2. The lowest BCUT2D eigenvalue weighted by molar-refractivity contribution is -0.670. The minimum atomic E-state index is -6.09. The van der Waals surface area contributed by atoms with Gasteiger partial charge in [-0.3, -0.25) is 4.79 Å². The Labute approximate surface area is 252 Å². The number of halogens is 3. The van der Waals surface area contributed by atoms with Crippen LogP contribution in [0, 0.1) is 6.92 Å². The number of ether oxygens (including phenoxy) is 2. The van der Waals surface area contributed by atoms with Crippen LogP contribution in [0.3, 0.4) is 0 Å². The lowest BCUT2D eigenvalue weighted by Gasteiger charge is -2.20. The van der Waals surface area contributed by atoms with Gasteiger partial charge in [0, 0.05) is 18.7 Å². The summed E-state index contributed by atoms with van der Waals surface area (Å²) in [6.45, 7) is 2.75. The van der Waals surface area contributed by atoms with Crippen molar-refractivity contribution in [3.05, 3.63) is 77.9 Å². The van der Waals surface area contributed by atoms with Crippen LogP contribution in [0.4, 0.5) is 13.2 Å². The number of amides is 1. The number of alkyl halides is 3. The van der Waals surface area contributed by atoms with E-state index >= 15 is 0 Å². The minimum absolute atomic E-state index is 0.00814. The number of methoxy groups -OCH3 is 1. The molecule has 0 spiro atoms. The molecule has 0 N–H and O–H groups in total. The third kappa shape index (κ3) is 7.88. The molecule has 1 aromatic heterocycles. The molecule has 2 fully saturated rings. The molecule has 1 saturated heterocycles. The first-order valence-corrected chi connectivity index (χ1v) is 16.0. The van der Waals surface area contributed by atoms with Gasteiger partial charge in [-0.25, -0.2) is 13.0 Å². The first kappa shape index (κ1) is 33.2. The van der Waals surface area contributed by atoms with E-state index in [1.54, 1.807) is 48.0 Å². The van der Waals surface area contributed by atoms with Crippen LogP contribution in [-0.2, 0) is 32.2 Å². The van der Waals surface area contributed by atoms with Gasteiger partial charge < -0.3 is 23.1 Å². The van der Waals surface area contributed by atoms with Crippen molar-refractivity contribution >= 4 is 26.3 Å². The number of imidazole rings is 1. The maximum Gasteiger partial charge on any atom is 0.491 e. The number of likely N-dealkylation sites (tertiary alicyclic amines) is 1. The molecule has 2 aromatic carbocycles. The second-order valence-electron chi connectivity index (χ2n) is 10.3. The van der Waals surface area contributed by atoms with Crippen LogP contribution in [0.2, 0.25) is 0 Å². The molecule has 12 nitrogen and oxygen atoms in total. The Morgan fingerprint density at radius 1 is 1.02 bits per heavy atom. The summed E-state index contributed by atoms with van der Waals surface area (Å²) in [4.78, 5) is 15.3. The quantitative estimate of drug-likeness (QED) is 0.202. The number of aromatic nitrogens is 2. The molecule has 1 aliphatic heterocycles. The first-order valence-electron chi connectivity index (χ1n) is 13.2. The van der Waals surface area contributed by atoms with Gasteiger partial charge in [-0.05, 0) is 48.9 Å². The van der Waals surface area contributed by atoms with Gasteiger partial charge in [0.25, 0.3) is 12.2 Å². The number of nitrogens with zero attached hydrogens (tertiary/aromatic N) is 3. The van der Waals surface area contributed by atoms with E-state index in [2.05, 4.69) is 6.07 Å². The van der Waals surface area contributed by atoms with Gasteiger partial charge in [-0.1, -0.05) is 28.2 Å². The van der Waals surface area contributed by atoms with Crippen LogP contribution >= 0.6 is 0 Å². The van der Waals surface area contributed by atoms with E-state index in [1.165, 1.54) is 18.6 Å². The number of benzene rings is 2. The SMILES string of the molecule is CO[C@@H]1CN(C(=O)c2c(C)cccc2C2CC2)C[C@H]1Oc1cccc(OS(=O)(=O)n2cc[n+](C)c2)c1.O=S(=O)([O-])C(F)(F)F. The third-order valence-corrected chi connectivity index (χ3v) is 8.62. The number of hydrogen-bond acceptors (Lipinski definition) is 9. The molecular weight excluding hydrogens is 631 g/mol. The van der Waals surface area contributed by atoms with E-state index in [0.29, 0.717) is 24.8 Å². The van der Waals surface area contributed by atoms with Gasteiger partial charge in [0.1, 0.15) is 29.9 Å². The highest BCUT2D eigenvalue weighted by atomic mass is 32.2. The van der Waals surface area contributed by atoms with Gasteiger partial charge >= 0.3 is 15.8 Å². The summed E-state index contributed by atoms with van der Waals surface area (Å²) in [6.07, 6.45) is 5.89. The summed E-state index contributed by atoms with van der Waals surface area (Å²) in [6, 6.07) is 12.5. The zero-order valence-corrected chi connectivity index (χ0v) is 25.4. The summed E-state index contributed by atoms with van der Waals surface area (Å²) in [5, 5.41) is 0. The van der Waals surface area contributed by atoms with E-state index in [0.717, 1.165) is 33.5 Å². The summed E-state index contributed by atoms with van der Waals surface area (Å²) >= 11 is 0. The second kappa shape index (κ2) is 12.7. The number of carbonyl (C=O) groups is 1. The fraction of sp³-hybridized carbons (Fsp3) is 0.407. The molecule has 2 atom stereocenters. The fourth-order valence-electron chi connectivity index (χ4n) is 4.62. The van der Waals surface area contributed by atoms with Gasteiger partial charge in [0.15, 0.2) is 16.3 Å². The van der Waals surface area contributed by atoms with Crippen LogP contribution in [0.1, 0.15) is 40.2 Å². The summed E-state index contributed by atoms with van der Waals surface area (Å²) in [7, 11) is -6.83. The van der Waals surface area contributed by atoms with Crippen LogP contribution in [0.25, 0.3) is 0 Å². The average Bonchev–Trinajstić information content (AvgIpc) is 3.55. The molecule has 1 aliphatic carbocycles. The molecule has 3 aromatic rings. The van der Waals surface area contributed by atoms with Crippen LogP contribution < -0.4 is 13.5 Å². The smallest absolute Gasteiger partial charge is 0.491 e. The largest absolute Gasteiger partial charge is 0.741 e. The number of hydrogen-bond donors (Lipinski definition) is 0. The molecule has 1 saturated carbocycles. The van der Waals surface area contributed by atoms with Crippen molar-refractivity contribution in [3.63, 3.8) is 0 Å².